The van der Waals surface area contributed by atoms with Crippen LogP contribution in [0.25, 0.3) is 0 Å². The molecule has 1 aliphatic rings. The van der Waals surface area contributed by atoms with Gasteiger partial charge in [0.2, 0.25) is 0 Å². The van der Waals surface area contributed by atoms with Gasteiger partial charge in [-0.15, -0.1) is 0 Å². The summed E-state index contributed by atoms with van der Waals surface area (Å²) in [6.07, 6.45) is 1.11. The van der Waals surface area contributed by atoms with Gasteiger partial charge in [0.25, 0.3) is 0 Å². The standard InChI is InChI=1S/C8H4O3.C4H6O2/c9-7-5-3-1-2-4-6(5)8(10)11-7;1-3-4(5)6-2/h1-4H;3H,1H2,2H3. The summed E-state index contributed by atoms with van der Waals surface area (Å²) < 4.78 is 8.50. The highest BCUT2D eigenvalue weighted by Crippen LogP contribution is 2.18. The molecule has 0 aliphatic carbocycles. The Morgan fingerprint density at radius 1 is 1.24 bits per heavy atom. The van der Waals surface area contributed by atoms with Crippen molar-refractivity contribution in [2.24, 2.45) is 0 Å². The van der Waals surface area contributed by atoms with Gasteiger partial charge in [0.15, 0.2) is 0 Å². The molecule has 0 N–H and O–H groups in total. The van der Waals surface area contributed by atoms with Gasteiger partial charge in [-0.2, -0.15) is 0 Å². The minimum atomic E-state index is -0.550. The van der Waals surface area contributed by atoms with Crippen LogP contribution in [0.5, 0.6) is 0 Å². The van der Waals surface area contributed by atoms with E-state index in [1.807, 2.05) is 0 Å². The summed E-state index contributed by atoms with van der Waals surface area (Å²) in [5.41, 5.74) is 0.718. The number of rotatable bonds is 1. The Labute approximate surface area is 97.6 Å². The molecule has 0 saturated carbocycles. The maximum atomic E-state index is 10.8. The van der Waals surface area contributed by atoms with Gasteiger partial charge in [0.05, 0.1) is 18.2 Å². The monoisotopic (exact) mass is 234 g/mol. The first-order valence-electron chi connectivity index (χ1n) is 4.66. The molecule has 88 valence electrons. The van der Waals surface area contributed by atoms with E-state index < -0.39 is 17.9 Å². The lowest BCUT2D eigenvalue weighted by Gasteiger charge is -1.86. The van der Waals surface area contributed by atoms with E-state index in [9.17, 15) is 14.4 Å². The molecule has 2 rings (SSSR count). The first-order valence-corrected chi connectivity index (χ1v) is 4.66. The van der Waals surface area contributed by atoms with Crippen LogP contribution in [-0.2, 0) is 14.3 Å². The maximum absolute atomic E-state index is 10.8. The fourth-order valence-electron chi connectivity index (χ4n) is 1.12. The lowest BCUT2D eigenvalue weighted by molar-refractivity contribution is -0.134. The predicted octanol–water partition coefficient (Wildman–Crippen LogP) is 1.34. The normalized spacial score (nSPS) is 11.8. The Bertz CT molecular complexity index is 443. The number of carbonyl (C=O) groups is 3. The van der Waals surface area contributed by atoms with Crippen LogP contribution in [0, 0.1) is 0 Å². The third-order valence-corrected chi connectivity index (χ3v) is 1.92. The van der Waals surface area contributed by atoms with Crippen molar-refractivity contribution >= 4 is 17.9 Å². The highest BCUT2D eigenvalue weighted by Gasteiger charge is 2.28. The molecule has 5 heteroatoms. The third-order valence-electron chi connectivity index (χ3n) is 1.92. The summed E-state index contributed by atoms with van der Waals surface area (Å²) in [5.74, 6) is -1.49. The van der Waals surface area contributed by atoms with Gasteiger partial charge in [0, 0.05) is 6.08 Å². The maximum Gasteiger partial charge on any atom is 0.346 e. The lowest BCUT2D eigenvalue weighted by Crippen LogP contribution is -1.96. The molecule has 1 aromatic rings. The topological polar surface area (TPSA) is 69.7 Å². The number of hydrogen-bond acceptors (Lipinski definition) is 5. The van der Waals surface area contributed by atoms with Crippen molar-refractivity contribution in [2.45, 2.75) is 0 Å². The average molecular weight is 234 g/mol. The lowest BCUT2D eigenvalue weighted by atomic mass is 10.1. The summed E-state index contributed by atoms with van der Waals surface area (Å²) in [6, 6.07) is 6.53. The van der Waals surface area contributed by atoms with Gasteiger partial charge in [-0.05, 0) is 12.1 Å². The number of fused-ring (bicyclic) bond motifs is 1. The number of cyclic esters (lactones) is 2. The second-order valence-corrected chi connectivity index (χ2v) is 2.95. The van der Waals surface area contributed by atoms with E-state index in [0.717, 1.165) is 6.08 Å². The zero-order valence-corrected chi connectivity index (χ0v) is 9.14. The van der Waals surface area contributed by atoms with Crippen molar-refractivity contribution in [3.8, 4) is 0 Å². The average Bonchev–Trinajstić information content (AvgIpc) is 2.66. The Morgan fingerprint density at radius 3 is 2.00 bits per heavy atom. The van der Waals surface area contributed by atoms with Crippen molar-refractivity contribution in [3.05, 3.63) is 48.0 Å². The van der Waals surface area contributed by atoms with E-state index in [1.165, 1.54) is 7.11 Å². The number of ether oxygens (including phenoxy) is 2. The SMILES string of the molecule is C=CC(=O)OC.O=C1OC(=O)c2ccccc21. The number of esters is 3. The van der Waals surface area contributed by atoms with Crippen LogP contribution in [0.4, 0.5) is 0 Å². The second kappa shape index (κ2) is 5.60. The molecule has 0 amide bonds. The molecular formula is C12H10O5. The molecule has 5 nitrogen and oxygen atoms in total. The number of benzene rings is 1. The van der Waals surface area contributed by atoms with Crippen LogP contribution >= 0.6 is 0 Å². The van der Waals surface area contributed by atoms with Crippen LogP contribution in [-0.4, -0.2) is 25.0 Å². The molecule has 0 atom stereocenters. The molecule has 0 fully saturated rings. The van der Waals surface area contributed by atoms with E-state index in [0.29, 0.717) is 11.1 Å². The van der Waals surface area contributed by atoms with Crippen molar-refractivity contribution in [2.75, 3.05) is 7.11 Å². The molecule has 0 saturated heterocycles. The molecule has 1 aromatic carbocycles. The predicted molar refractivity (Wildman–Crippen MR) is 58.4 cm³/mol. The van der Waals surface area contributed by atoms with Crippen molar-refractivity contribution in [1.29, 1.82) is 0 Å². The molecule has 0 radical (unpaired) electrons. The van der Waals surface area contributed by atoms with Crippen LogP contribution < -0.4 is 0 Å². The number of methoxy groups -OCH3 is 1. The van der Waals surface area contributed by atoms with E-state index in [4.69, 9.17) is 0 Å². The van der Waals surface area contributed by atoms with Crippen molar-refractivity contribution in [3.63, 3.8) is 0 Å². The third kappa shape index (κ3) is 3.01. The van der Waals surface area contributed by atoms with Gasteiger partial charge in [-0.3, -0.25) is 0 Å². The van der Waals surface area contributed by atoms with Crippen LogP contribution in [0.15, 0.2) is 36.9 Å². The first-order chi connectivity index (χ1) is 8.10. The molecule has 0 bridgehead atoms. The zero-order chi connectivity index (χ0) is 12.8. The quantitative estimate of drug-likeness (QED) is 0.416. The first kappa shape index (κ1) is 12.6. The highest BCUT2D eigenvalue weighted by molar-refractivity contribution is 6.14. The Kier molecular flexibility index (Phi) is 4.16. The van der Waals surface area contributed by atoms with E-state index in [2.05, 4.69) is 16.1 Å². The molecule has 0 spiro atoms. The molecule has 0 unspecified atom stereocenters. The zero-order valence-electron chi connectivity index (χ0n) is 9.14. The van der Waals surface area contributed by atoms with Gasteiger partial charge < -0.3 is 9.47 Å². The molecule has 17 heavy (non-hydrogen) atoms. The summed E-state index contributed by atoms with van der Waals surface area (Å²) in [4.78, 5) is 31.5. The summed E-state index contributed by atoms with van der Waals surface area (Å²) in [6.45, 7) is 3.16. The smallest absolute Gasteiger partial charge is 0.346 e. The Morgan fingerprint density at radius 2 is 1.71 bits per heavy atom. The molecule has 1 heterocycles. The molecule has 0 aromatic heterocycles. The van der Waals surface area contributed by atoms with E-state index in [-0.39, 0.29) is 0 Å². The minimum Gasteiger partial charge on any atom is -0.466 e. The number of carbonyl (C=O) groups excluding carboxylic acids is 3. The highest BCUT2D eigenvalue weighted by atomic mass is 16.6. The Hall–Kier alpha value is -2.43. The number of hydrogen-bond donors (Lipinski definition) is 0. The van der Waals surface area contributed by atoms with Crippen LogP contribution in [0.3, 0.4) is 0 Å². The largest absolute Gasteiger partial charge is 0.466 e. The fourth-order valence-corrected chi connectivity index (χ4v) is 1.12. The van der Waals surface area contributed by atoms with Crippen molar-refractivity contribution < 1.29 is 23.9 Å². The summed E-state index contributed by atoms with van der Waals surface area (Å²) >= 11 is 0. The van der Waals surface area contributed by atoms with E-state index >= 15 is 0 Å². The van der Waals surface area contributed by atoms with E-state index in [1.54, 1.807) is 24.3 Å². The summed E-state index contributed by atoms with van der Waals surface area (Å²) in [5, 5.41) is 0. The van der Waals surface area contributed by atoms with Gasteiger partial charge in [-0.1, -0.05) is 18.7 Å². The fraction of sp³-hybridized carbons (Fsp3) is 0.0833. The molecule has 1 aliphatic heterocycles. The second-order valence-electron chi connectivity index (χ2n) is 2.95. The minimum absolute atomic E-state index is 0.359. The van der Waals surface area contributed by atoms with Crippen LogP contribution in [0.1, 0.15) is 20.7 Å². The van der Waals surface area contributed by atoms with Crippen molar-refractivity contribution in [1.82, 2.24) is 0 Å². The van der Waals surface area contributed by atoms with Gasteiger partial charge in [-0.25, -0.2) is 14.4 Å². The van der Waals surface area contributed by atoms with Gasteiger partial charge in [0.1, 0.15) is 0 Å². The van der Waals surface area contributed by atoms with Crippen LogP contribution in [0.2, 0.25) is 0 Å². The van der Waals surface area contributed by atoms with Gasteiger partial charge >= 0.3 is 17.9 Å². The molecular weight excluding hydrogens is 224 g/mol. The summed E-state index contributed by atoms with van der Waals surface area (Å²) in [7, 11) is 1.31. The Balaban J connectivity index is 0.000000209.